The topological polar surface area (TPSA) is 26.3 Å². The molecule has 0 radical (unpaired) electrons. The Morgan fingerprint density at radius 1 is 0.682 bits per heavy atom. The summed E-state index contributed by atoms with van der Waals surface area (Å²) in [6.45, 7) is -3.10. The van der Waals surface area contributed by atoms with E-state index in [1.807, 2.05) is 91.0 Å². The molecule has 0 aliphatic heterocycles. The molecule has 0 spiro atoms. The van der Waals surface area contributed by atoms with E-state index in [1.54, 1.807) is 0 Å². The number of rotatable bonds is 5. The van der Waals surface area contributed by atoms with E-state index >= 15 is 0 Å². The van der Waals surface area contributed by atoms with Gasteiger partial charge in [0.2, 0.25) is 0 Å². The van der Waals surface area contributed by atoms with Crippen LogP contribution in [0.25, 0.3) is 0 Å². The molecule has 0 amide bonds. The predicted octanol–water partition coefficient (Wildman–Crippen LogP) is 5.38. The van der Waals surface area contributed by atoms with Crippen LogP contribution in [-0.4, -0.2) is 0 Å². The molecular weight excluding hydrogens is 311 g/mol. The van der Waals surface area contributed by atoms with Gasteiger partial charge in [-0.15, -0.1) is 0 Å². The molecule has 0 aliphatic carbocycles. The number of para-hydroxylation sites is 1. The Kier molecular flexibility index (Phi) is 4.67. The second-order valence-corrected chi connectivity index (χ2v) is 8.98. The fourth-order valence-electron chi connectivity index (χ4n) is 1.97. The summed E-state index contributed by atoms with van der Waals surface area (Å²) in [6, 6.07) is 28.3. The van der Waals surface area contributed by atoms with Crippen LogP contribution in [-0.2, 0) is 4.57 Å². The van der Waals surface area contributed by atoms with Gasteiger partial charge in [-0.1, -0.05) is 54.6 Å². The van der Waals surface area contributed by atoms with Crippen LogP contribution in [0.2, 0.25) is 0 Å². The molecule has 0 saturated carbocycles. The van der Waals surface area contributed by atoms with Gasteiger partial charge >= 0.3 is 6.57 Å². The van der Waals surface area contributed by atoms with Crippen LogP contribution in [0.3, 0.4) is 0 Å². The third kappa shape index (κ3) is 3.62. The summed E-state index contributed by atoms with van der Waals surface area (Å²) in [5, 5.41) is 0.702. The zero-order chi connectivity index (χ0) is 15.3. The van der Waals surface area contributed by atoms with E-state index in [0.29, 0.717) is 11.1 Å². The lowest BCUT2D eigenvalue weighted by molar-refractivity contribution is 0.509. The van der Waals surface area contributed by atoms with Gasteiger partial charge in [-0.2, -0.15) is 0 Å². The summed E-state index contributed by atoms with van der Waals surface area (Å²) in [5.74, 6) is 0.609. The van der Waals surface area contributed by atoms with Crippen LogP contribution in [0, 0.1) is 0 Å². The molecular formula is C18H15O2PS. The average molecular weight is 326 g/mol. The van der Waals surface area contributed by atoms with E-state index in [1.165, 1.54) is 11.4 Å². The van der Waals surface area contributed by atoms with Crippen molar-refractivity contribution < 1.29 is 9.09 Å². The fourth-order valence-corrected chi connectivity index (χ4v) is 5.97. The summed E-state index contributed by atoms with van der Waals surface area (Å²) in [5.41, 5.74) is 0. The van der Waals surface area contributed by atoms with Gasteiger partial charge in [0.05, 0.1) is 5.30 Å². The highest BCUT2D eigenvalue weighted by Gasteiger charge is 2.29. The summed E-state index contributed by atoms with van der Waals surface area (Å²) in [4.78, 5) is 0.922. The van der Waals surface area contributed by atoms with E-state index < -0.39 is 6.57 Å². The Morgan fingerprint density at radius 2 is 1.18 bits per heavy atom. The third-order valence-corrected chi connectivity index (χ3v) is 7.32. The summed E-state index contributed by atoms with van der Waals surface area (Å²) < 4.78 is 19.4. The molecule has 3 aromatic carbocycles. The molecule has 0 N–H and O–H groups in total. The van der Waals surface area contributed by atoms with Gasteiger partial charge in [-0.25, -0.2) is 0 Å². The van der Waals surface area contributed by atoms with Crippen molar-refractivity contribution in [1.29, 1.82) is 0 Å². The van der Waals surface area contributed by atoms with Crippen molar-refractivity contribution in [2.45, 2.75) is 4.90 Å². The van der Waals surface area contributed by atoms with Gasteiger partial charge in [0.25, 0.3) is 0 Å². The van der Waals surface area contributed by atoms with E-state index in [9.17, 15) is 4.57 Å². The standard InChI is InChI=1S/C18H15O2PS/c19-21(17-12-6-2-7-13-17,20-16-10-4-1-5-11-16)22-18-14-8-3-9-15-18/h1-15H. The molecule has 0 bridgehead atoms. The minimum Gasteiger partial charge on any atom is -0.433 e. The van der Waals surface area contributed by atoms with Crippen LogP contribution < -0.4 is 9.83 Å². The summed E-state index contributed by atoms with van der Waals surface area (Å²) >= 11 is 1.27. The molecule has 3 aromatic rings. The number of hydrogen-bond donors (Lipinski definition) is 0. The van der Waals surface area contributed by atoms with Crippen LogP contribution in [0.4, 0.5) is 0 Å². The molecule has 4 heteroatoms. The Morgan fingerprint density at radius 3 is 1.77 bits per heavy atom. The summed E-state index contributed by atoms with van der Waals surface area (Å²) in [7, 11) is 0. The molecule has 1 atom stereocenters. The highest BCUT2D eigenvalue weighted by molar-refractivity contribution is 8.58. The molecule has 2 nitrogen and oxygen atoms in total. The Labute approximate surface area is 134 Å². The molecule has 3 rings (SSSR count). The van der Waals surface area contributed by atoms with E-state index in [4.69, 9.17) is 4.52 Å². The minimum absolute atomic E-state index is 0.609. The van der Waals surface area contributed by atoms with Crippen molar-refractivity contribution in [3.8, 4) is 5.75 Å². The van der Waals surface area contributed by atoms with E-state index in [0.717, 1.165) is 4.90 Å². The molecule has 22 heavy (non-hydrogen) atoms. The lowest BCUT2D eigenvalue weighted by Gasteiger charge is -2.19. The van der Waals surface area contributed by atoms with Gasteiger partial charge in [-0.3, -0.25) is 4.57 Å². The molecule has 0 heterocycles. The Balaban J connectivity index is 1.97. The van der Waals surface area contributed by atoms with E-state index in [-0.39, 0.29) is 0 Å². The first-order chi connectivity index (χ1) is 10.8. The maximum absolute atomic E-state index is 13.5. The third-order valence-electron chi connectivity index (χ3n) is 3.01. The fraction of sp³-hybridized carbons (Fsp3) is 0. The lowest BCUT2D eigenvalue weighted by atomic mass is 10.3. The van der Waals surface area contributed by atoms with Crippen LogP contribution in [0.15, 0.2) is 95.9 Å². The maximum Gasteiger partial charge on any atom is 0.337 e. The molecule has 0 saturated heterocycles. The lowest BCUT2D eigenvalue weighted by Crippen LogP contribution is -2.06. The second-order valence-electron chi connectivity index (χ2n) is 4.64. The largest absolute Gasteiger partial charge is 0.433 e. The van der Waals surface area contributed by atoms with Gasteiger partial charge in [-0.05, 0) is 47.8 Å². The SMILES string of the molecule is O=P(Oc1ccccc1)(Sc1ccccc1)c1ccccc1. The Bertz CT molecular complexity index is 715. The summed E-state index contributed by atoms with van der Waals surface area (Å²) in [6.07, 6.45) is 0. The highest BCUT2D eigenvalue weighted by atomic mass is 32.7. The number of benzene rings is 3. The highest BCUT2D eigenvalue weighted by Crippen LogP contribution is 2.61. The van der Waals surface area contributed by atoms with Gasteiger partial charge in [0.15, 0.2) is 0 Å². The van der Waals surface area contributed by atoms with Gasteiger partial charge in [0.1, 0.15) is 5.75 Å². The normalized spacial score (nSPS) is 13.3. The molecule has 0 aromatic heterocycles. The van der Waals surface area contributed by atoms with Crippen molar-refractivity contribution in [3.05, 3.63) is 91.0 Å². The number of hydrogen-bond acceptors (Lipinski definition) is 3. The first kappa shape index (κ1) is 15.0. The van der Waals surface area contributed by atoms with Gasteiger partial charge in [0, 0.05) is 4.90 Å². The zero-order valence-corrected chi connectivity index (χ0v) is 13.5. The second kappa shape index (κ2) is 6.87. The van der Waals surface area contributed by atoms with Gasteiger partial charge < -0.3 is 4.52 Å². The maximum atomic E-state index is 13.5. The van der Waals surface area contributed by atoms with Crippen LogP contribution in [0.5, 0.6) is 5.75 Å². The van der Waals surface area contributed by atoms with E-state index in [2.05, 4.69) is 0 Å². The van der Waals surface area contributed by atoms with Crippen molar-refractivity contribution >= 4 is 23.3 Å². The smallest absolute Gasteiger partial charge is 0.337 e. The molecule has 0 fully saturated rings. The van der Waals surface area contributed by atoms with Crippen molar-refractivity contribution in [1.82, 2.24) is 0 Å². The molecule has 110 valence electrons. The minimum atomic E-state index is -3.10. The zero-order valence-electron chi connectivity index (χ0n) is 11.8. The predicted molar refractivity (Wildman–Crippen MR) is 93.1 cm³/mol. The molecule has 1 unspecified atom stereocenters. The van der Waals surface area contributed by atoms with Crippen molar-refractivity contribution in [2.24, 2.45) is 0 Å². The quantitative estimate of drug-likeness (QED) is 0.589. The van der Waals surface area contributed by atoms with Crippen LogP contribution >= 0.6 is 18.0 Å². The average Bonchev–Trinajstić information content (AvgIpc) is 2.57. The van der Waals surface area contributed by atoms with Crippen molar-refractivity contribution in [2.75, 3.05) is 0 Å². The van der Waals surface area contributed by atoms with Crippen LogP contribution in [0.1, 0.15) is 0 Å². The first-order valence-electron chi connectivity index (χ1n) is 6.91. The molecule has 0 aliphatic rings. The van der Waals surface area contributed by atoms with Crippen molar-refractivity contribution in [3.63, 3.8) is 0 Å². The Hall–Kier alpha value is -1.96. The monoisotopic (exact) mass is 326 g/mol. The first-order valence-corrected chi connectivity index (χ1v) is 9.96.